The van der Waals surface area contributed by atoms with Gasteiger partial charge in [0.05, 0.1) is 6.04 Å². The maximum absolute atomic E-state index is 14.1. The van der Waals surface area contributed by atoms with Gasteiger partial charge in [0.1, 0.15) is 30.2 Å². The first-order valence-electron chi connectivity index (χ1n) is 20.0. The van der Waals surface area contributed by atoms with Crippen LogP contribution in [0.3, 0.4) is 0 Å². The Hall–Kier alpha value is -5.45. The van der Waals surface area contributed by atoms with Crippen molar-refractivity contribution in [1.82, 2.24) is 26.6 Å². The summed E-state index contributed by atoms with van der Waals surface area (Å²) in [5.41, 5.74) is 19.0. The Balaban J connectivity index is 1.94. The number of carboxylic acid groups (broad SMARTS) is 1. The quantitative estimate of drug-likeness (QED) is 0.0548. The summed E-state index contributed by atoms with van der Waals surface area (Å²) >= 11 is 0. The van der Waals surface area contributed by atoms with Crippen LogP contribution in [0.25, 0.3) is 0 Å². The number of ketones is 1. The summed E-state index contributed by atoms with van der Waals surface area (Å²) < 4.78 is 0. The van der Waals surface area contributed by atoms with E-state index in [0.717, 1.165) is 0 Å². The average molecular weight is 805 g/mol. The Morgan fingerprint density at radius 2 is 1.28 bits per heavy atom. The van der Waals surface area contributed by atoms with Crippen LogP contribution in [-0.4, -0.2) is 95.7 Å². The van der Waals surface area contributed by atoms with E-state index in [1.165, 1.54) is 0 Å². The lowest BCUT2D eigenvalue weighted by atomic mass is 9.98. The molecule has 6 atom stereocenters. The van der Waals surface area contributed by atoms with Gasteiger partial charge >= 0.3 is 5.97 Å². The van der Waals surface area contributed by atoms with Crippen molar-refractivity contribution in [3.8, 4) is 0 Å². The molecule has 1 aliphatic heterocycles. The van der Waals surface area contributed by atoms with Crippen molar-refractivity contribution < 1.29 is 38.7 Å². The number of hydrogen-bond donors (Lipinski definition) is 9. The fourth-order valence-electron chi connectivity index (χ4n) is 6.39. The van der Waals surface area contributed by atoms with E-state index in [9.17, 15) is 38.7 Å². The molecular formula is C42H60N8O8. The molecule has 16 nitrogen and oxygen atoms in total. The van der Waals surface area contributed by atoms with Crippen LogP contribution < -0.4 is 43.8 Å². The van der Waals surface area contributed by atoms with Crippen molar-refractivity contribution in [2.45, 2.75) is 114 Å². The van der Waals surface area contributed by atoms with Gasteiger partial charge in [0, 0.05) is 17.5 Å². The van der Waals surface area contributed by atoms with Crippen molar-refractivity contribution in [3.05, 3.63) is 83.4 Å². The van der Waals surface area contributed by atoms with E-state index >= 15 is 0 Å². The molecular weight excluding hydrogens is 745 g/mol. The number of nitrogens with one attached hydrogen (secondary N) is 5. The number of amides is 5. The second-order valence-electron chi connectivity index (χ2n) is 15.0. The lowest BCUT2D eigenvalue weighted by Crippen LogP contribution is -2.59. The molecule has 0 aliphatic carbocycles. The monoisotopic (exact) mass is 804 g/mol. The van der Waals surface area contributed by atoms with E-state index in [4.69, 9.17) is 17.2 Å². The second kappa shape index (κ2) is 24.4. The van der Waals surface area contributed by atoms with Crippen molar-refractivity contribution in [1.29, 1.82) is 0 Å². The number of benzene rings is 2. The van der Waals surface area contributed by atoms with E-state index in [1.807, 2.05) is 13.8 Å². The molecule has 0 saturated heterocycles. The lowest BCUT2D eigenvalue weighted by Gasteiger charge is -2.27. The molecule has 0 bridgehead atoms. The van der Waals surface area contributed by atoms with Crippen molar-refractivity contribution >= 4 is 41.3 Å². The summed E-state index contributed by atoms with van der Waals surface area (Å²) in [6, 6.07) is 8.30. The standard InChI is InChI=1S/C42H60N8O8/c1-26(2)24-35(42(57)58)50-41(56)34(25-27-18-20-29(21-19-27)36(51)28-12-4-3-5-13-28)49-40(55)32-15-7-6-14-30(45)37(52)46-31(16-8-10-22-43)38(53)48-33(39(54)47-32)17-9-11-23-44/h3-7,12-13,18-21,26,30-35H,8-11,14-17,22-25,43-45H2,1-2H3,(H,46,52)(H,47,54)(H,48,53)(H,49,55)(H,50,56)(H,57,58)/b7-6+/t30-,31-,32-,33-,34-,35-/m0/s1. The maximum Gasteiger partial charge on any atom is 0.326 e. The van der Waals surface area contributed by atoms with Crippen LogP contribution in [0.4, 0.5) is 0 Å². The number of aliphatic carboxylic acids is 1. The molecule has 0 radical (unpaired) electrons. The molecule has 0 saturated carbocycles. The van der Waals surface area contributed by atoms with Crippen LogP contribution in [0.15, 0.2) is 66.7 Å². The molecule has 1 aliphatic rings. The fraction of sp³-hybridized carbons (Fsp3) is 0.500. The Bertz CT molecular complexity index is 1720. The smallest absolute Gasteiger partial charge is 0.326 e. The first kappa shape index (κ1) is 46.9. The normalized spacial score (nSPS) is 20.7. The first-order chi connectivity index (χ1) is 27.7. The minimum atomic E-state index is -1.31. The van der Waals surface area contributed by atoms with Gasteiger partial charge in [0.15, 0.2) is 5.78 Å². The van der Waals surface area contributed by atoms with Crippen LogP contribution in [0, 0.1) is 5.92 Å². The topological polar surface area (TPSA) is 278 Å². The summed E-state index contributed by atoms with van der Waals surface area (Å²) in [6.45, 7) is 4.37. The second-order valence-corrected chi connectivity index (χ2v) is 15.0. The molecule has 3 rings (SSSR count). The molecule has 5 amide bonds. The van der Waals surface area contributed by atoms with Gasteiger partial charge in [-0.3, -0.25) is 28.8 Å². The molecule has 1 heterocycles. The lowest BCUT2D eigenvalue weighted by molar-refractivity contribution is -0.142. The number of carboxylic acids is 1. The zero-order valence-electron chi connectivity index (χ0n) is 33.4. The molecule has 0 aromatic heterocycles. The van der Waals surface area contributed by atoms with Gasteiger partial charge in [-0.2, -0.15) is 0 Å². The molecule has 2 aromatic rings. The number of nitrogens with two attached hydrogens (primary N) is 3. The highest BCUT2D eigenvalue weighted by Crippen LogP contribution is 2.15. The van der Waals surface area contributed by atoms with Crippen LogP contribution in [-0.2, 0) is 35.2 Å². The van der Waals surface area contributed by atoms with Crippen molar-refractivity contribution in [2.24, 2.45) is 23.1 Å². The number of unbranched alkanes of at least 4 members (excludes halogenated alkanes) is 2. The summed E-state index contributed by atoms with van der Waals surface area (Å²) in [7, 11) is 0. The third-order valence-electron chi connectivity index (χ3n) is 9.70. The van der Waals surface area contributed by atoms with Crippen LogP contribution >= 0.6 is 0 Å². The number of hydrogen-bond acceptors (Lipinski definition) is 10. The van der Waals surface area contributed by atoms with E-state index in [-0.39, 0.29) is 50.2 Å². The van der Waals surface area contributed by atoms with E-state index in [2.05, 4.69) is 26.6 Å². The zero-order valence-corrected chi connectivity index (χ0v) is 33.4. The van der Waals surface area contributed by atoms with Gasteiger partial charge in [0.25, 0.3) is 0 Å². The van der Waals surface area contributed by atoms with Gasteiger partial charge < -0.3 is 48.9 Å². The van der Waals surface area contributed by atoms with Gasteiger partial charge in [-0.05, 0) is 82.4 Å². The van der Waals surface area contributed by atoms with Gasteiger partial charge in [-0.15, -0.1) is 0 Å². The van der Waals surface area contributed by atoms with E-state index in [1.54, 1.807) is 66.7 Å². The fourth-order valence-corrected chi connectivity index (χ4v) is 6.39. The summed E-state index contributed by atoms with van der Waals surface area (Å²) in [6.07, 6.45) is 5.83. The minimum absolute atomic E-state index is 0.0627. The van der Waals surface area contributed by atoms with Crippen LogP contribution in [0.5, 0.6) is 0 Å². The minimum Gasteiger partial charge on any atom is -0.480 e. The zero-order chi connectivity index (χ0) is 42.6. The van der Waals surface area contributed by atoms with Crippen LogP contribution in [0.2, 0.25) is 0 Å². The third kappa shape index (κ3) is 15.5. The molecule has 0 fully saturated rings. The Labute approximate surface area is 339 Å². The third-order valence-corrected chi connectivity index (χ3v) is 9.70. The first-order valence-corrected chi connectivity index (χ1v) is 20.0. The molecule has 58 heavy (non-hydrogen) atoms. The molecule has 316 valence electrons. The van der Waals surface area contributed by atoms with Gasteiger partial charge in [-0.1, -0.05) is 80.6 Å². The predicted molar refractivity (Wildman–Crippen MR) is 219 cm³/mol. The Morgan fingerprint density at radius 1 is 0.724 bits per heavy atom. The SMILES string of the molecule is CC(C)C[C@H](NC(=O)[C@H](Cc1ccc(C(=O)c2ccccc2)cc1)NC(=O)[C@@H]1C/C=C/C[C@H](N)C(=O)N[C@@H](CCCCN)C(=O)N[C@@H](CCCCN)C(=O)N1)C(=O)O. The average Bonchev–Trinajstić information content (AvgIpc) is 3.20. The summed E-state index contributed by atoms with van der Waals surface area (Å²) in [5.74, 6) is -4.86. The highest BCUT2D eigenvalue weighted by molar-refractivity contribution is 6.09. The van der Waals surface area contributed by atoms with E-state index < -0.39 is 71.8 Å². The molecule has 12 N–H and O–H groups in total. The Morgan fingerprint density at radius 3 is 1.84 bits per heavy atom. The Kier molecular flexibility index (Phi) is 19.7. The number of carbonyl (C=O) groups excluding carboxylic acids is 6. The molecule has 0 spiro atoms. The van der Waals surface area contributed by atoms with Crippen molar-refractivity contribution in [3.63, 3.8) is 0 Å². The summed E-state index contributed by atoms with van der Waals surface area (Å²) in [4.78, 5) is 93.6. The molecule has 16 heteroatoms. The highest BCUT2D eigenvalue weighted by Gasteiger charge is 2.33. The van der Waals surface area contributed by atoms with Gasteiger partial charge in [0.2, 0.25) is 29.5 Å². The van der Waals surface area contributed by atoms with Crippen LogP contribution in [0.1, 0.15) is 93.1 Å². The van der Waals surface area contributed by atoms with E-state index in [0.29, 0.717) is 55.5 Å². The summed E-state index contributed by atoms with van der Waals surface area (Å²) in [5, 5.41) is 23.3. The number of rotatable bonds is 19. The van der Waals surface area contributed by atoms with Gasteiger partial charge in [-0.25, -0.2) is 4.79 Å². The maximum atomic E-state index is 14.1. The largest absolute Gasteiger partial charge is 0.480 e. The van der Waals surface area contributed by atoms with Crippen molar-refractivity contribution in [2.75, 3.05) is 13.1 Å². The molecule has 2 aromatic carbocycles. The molecule has 0 unspecified atom stereocenters. The highest BCUT2D eigenvalue weighted by atomic mass is 16.4. The number of carbonyl (C=O) groups is 7. The predicted octanol–water partition coefficient (Wildman–Crippen LogP) is 0.950.